The smallest absolute Gasteiger partial charge is 0.137 e. The van der Waals surface area contributed by atoms with Crippen molar-refractivity contribution in [1.82, 2.24) is 5.32 Å². The molecule has 1 fully saturated rings. The fourth-order valence-electron chi connectivity index (χ4n) is 1.64. The molecule has 0 amide bonds. The molecule has 0 aromatic heterocycles. The summed E-state index contributed by atoms with van der Waals surface area (Å²) in [4.78, 5) is 0. The Morgan fingerprint density at radius 2 is 2.29 bits per heavy atom. The van der Waals surface area contributed by atoms with Crippen LogP contribution in [0.25, 0.3) is 0 Å². The number of rotatable bonds is 6. The Balaban J connectivity index is 1.99. The zero-order chi connectivity index (χ0) is 12.3. The van der Waals surface area contributed by atoms with Crippen LogP contribution in [0, 0.1) is 5.92 Å². The zero-order valence-electron chi connectivity index (χ0n) is 9.95. The molecule has 0 aliphatic heterocycles. The van der Waals surface area contributed by atoms with E-state index in [0.717, 1.165) is 12.2 Å². The summed E-state index contributed by atoms with van der Waals surface area (Å²) in [6.45, 7) is 1.26. The molecule has 1 aliphatic carbocycles. The van der Waals surface area contributed by atoms with Gasteiger partial charge in [-0.2, -0.15) is 0 Å². The van der Waals surface area contributed by atoms with E-state index in [-0.39, 0.29) is 0 Å². The maximum Gasteiger partial charge on any atom is 0.137 e. The van der Waals surface area contributed by atoms with Gasteiger partial charge in [0, 0.05) is 6.54 Å². The first-order valence-electron chi connectivity index (χ1n) is 5.95. The summed E-state index contributed by atoms with van der Waals surface area (Å²) in [6, 6.07) is 5.46. The molecule has 2 rings (SSSR count). The van der Waals surface area contributed by atoms with E-state index in [0.29, 0.717) is 23.2 Å². The lowest BCUT2D eigenvalue weighted by atomic mass is 10.1. The highest BCUT2D eigenvalue weighted by atomic mass is 35.5. The van der Waals surface area contributed by atoms with Crippen molar-refractivity contribution in [2.24, 2.45) is 5.92 Å². The molecule has 3 nitrogen and oxygen atoms in total. The highest BCUT2D eigenvalue weighted by Gasteiger charge is 2.22. The van der Waals surface area contributed by atoms with Crippen molar-refractivity contribution in [3.63, 3.8) is 0 Å². The van der Waals surface area contributed by atoms with Crippen LogP contribution in [0.2, 0.25) is 5.02 Å². The maximum absolute atomic E-state index is 9.80. The Bertz CT molecular complexity index is 380. The number of aliphatic hydroxyl groups excluding tert-OH is 1. The van der Waals surface area contributed by atoms with Gasteiger partial charge in [0.15, 0.2) is 0 Å². The van der Waals surface area contributed by atoms with E-state index in [9.17, 15) is 5.11 Å². The van der Waals surface area contributed by atoms with Gasteiger partial charge < -0.3 is 15.2 Å². The third kappa shape index (κ3) is 3.60. The number of nitrogens with one attached hydrogen (secondary N) is 1. The van der Waals surface area contributed by atoms with Crippen molar-refractivity contribution < 1.29 is 9.84 Å². The number of halogens is 1. The monoisotopic (exact) mass is 255 g/mol. The third-order valence-electron chi connectivity index (χ3n) is 2.91. The molecule has 17 heavy (non-hydrogen) atoms. The van der Waals surface area contributed by atoms with Crippen LogP contribution >= 0.6 is 11.6 Å². The second kappa shape index (κ2) is 5.71. The van der Waals surface area contributed by atoms with Gasteiger partial charge in [-0.05, 0) is 43.5 Å². The second-order valence-corrected chi connectivity index (χ2v) is 4.92. The van der Waals surface area contributed by atoms with Crippen molar-refractivity contribution in [2.75, 3.05) is 20.2 Å². The average Bonchev–Trinajstić information content (AvgIpc) is 3.11. The summed E-state index contributed by atoms with van der Waals surface area (Å²) >= 11 is 6.12. The molecule has 0 bridgehead atoms. The first-order valence-corrected chi connectivity index (χ1v) is 6.33. The highest BCUT2D eigenvalue weighted by Crippen LogP contribution is 2.32. The Hall–Kier alpha value is -0.770. The summed E-state index contributed by atoms with van der Waals surface area (Å²) in [5, 5.41) is 13.3. The Kier molecular flexibility index (Phi) is 4.26. The van der Waals surface area contributed by atoms with Gasteiger partial charge in [0.05, 0.1) is 17.7 Å². The molecule has 1 aromatic carbocycles. The number of likely N-dealkylation sites (N-methyl/N-ethyl adjacent to an activating group) is 1. The lowest BCUT2D eigenvalue weighted by Crippen LogP contribution is -2.16. The predicted molar refractivity (Wildman–Crippen MR) is 68.6 cm³/mol. The molecule has 0 heterocycles. The molecule has 2 N–H and O–H groups in total. The summed E-state index contributed by atoms with van der Waals surface area (Å²) in [6.07, 6.45) is 1.99. The van der Waals surface area contributed by atoms with Gasteiger partial charge in [-0.1, -0.05) is 17.7 Å². The van der Waals surface area contributed by atoms with E-state index in [2.05, 4.69) is 5.32 Å². The van der Waals surface area contributed by atoms with Crippen molar-refractivity contribution in [3.05, 3.63) is 28.8 Å². The van der Waals surface area contributed by atoms with E-state index in [1.807, 2.05) is 12.1 Å². The van der Waals surface area contributed by atoms with Crippen molar-refractivity contribution in [2.45, 2.75) is 18.9 Å². The summed E-state index contributed by atoms with van der Waals surface area (Å²) < 4.78 is 5.63. The van der Waals surface area contributed by atoms with Crippen LogP contribution in [0.4, 0.5) is 0 Å². The topological polar surface area (TPSA) is 41.5 Å². The number of benzene rings is 1. The molecule has 1 unspecified atom stereocenters. The molecule has 94 valence electrons. The van der Waals surface area contributed by atoms with Crippen LogP contribution in [0.3, 0.4) is 0 Å². The molecule has 0 saturated heterocycles. The van der Waals surface area contributed by atoms with Gasteiger partial charge in [0.25, 0.3) is 0 Å². The average molecular weight is 256 g/mol. The minimum Gasteiger partial charge on any atom is -0.492 e. The van der Waals surface area contributed by atoms with Gasteiger partial charge in [0.2, 0.25) is 0 Å². The van der Waals surface area contributed by atoms with Gasteiger partial charge in [-0.15, -0.1) is 0 Å². The molecule has 1 saturated carbocycles. The van der Waals surface area contributed by atoms with Crippen molar-refractivity contribution in [1.29, 1.82) is 0 Å². The predicted octanol–water partition coefficient (Wildman–Crippen LogP) is 2.38. The molecular formula is C13H18ClNO2. The van der Waals surface area contributed by atoms with Crippen molar-refractivity contribution >= 4 is 11.6 Å². The van der Waals surface area contributed by atoms with Crippen molar-refractivity contribution in [3.8, 4) is 5.75 Å². The van der Waals surface area contributed by atoms with E-state index in [4.69, 9.17) is 16.3 Å². The molecule has 4 heteroatoms. The van der Waals surface area contributed by atoms with Gasteiger partial charge in [-0.3, -0.25) is 0 Å². The Morgan fingerprint density at radius 1 is 1.53 bits per heavy atom. The quantitative estimate of drug-likeness (QED) is 0.820. The standard InChI is InChI=1S/C13H18ClNO2/c1-15-7-12(16)10-4-5-13(11(14)6-10)17-8-9-2-3-9/h4-6,9,12,15-16H,2-3,7-8H2,1H3. The molecule has 1 aliphatic rings. The Morgan fingerprint density at radius 3 is 2.88 bits per heavy atom. The van der Waals surface area contributed by atoms with Crippen LogP contribution in [-0.4, -0.2) is 25.3 Å². The molecular weight excluding hydrogens is 238 g/mol. The lowest BCUT2D eigenvalue weighted by Gasteiger charge is -2.13. The number of hydrogen-bond acceptors (Lipinski definition) is 3. The van der Waals surface area contributed by atoms with Gasteiger partial charge in [0.1, 0.15) is 5.75 Å². The maximum atomic E-state index is 9.80. The number of ether oxygens (including phenoxy) is 1. The first-order chi connectivity index (χ1) is 8.20. The molecule has 0 radical (unpaired) electrons. The van der Waals surface area contributed by atoms with E-state index in [1.165, 1.54) is 12.8 Å². The first kappa shape index (κ1) is 12.7. The van der Waals surface area contributed by atoms with E-state index < -0.39 is 6.10 Å². The fourth-order valence-corrected chi connectivity index (χ4v) is 1.89. The minimum absolute atomic E-state index is 0.513. The van der Waals surface area contributed by atoms with Gasteiger partial charge in [-0.25, -0.2) is 0 Å². The fraction of sp³-hybridized carbons (Fsp3) is 0.538. The zero-order valence-corrected chi connectivity index (χ0v) is 10.7. The molecule has 1 aromatic rings. The van der Waals surface area contributed by atoms with Crippen LogP contribution in [0.5, 0.6) is 5.75 Å². The number of hydrogen-bond donors (Lipinski definition) is 2. The summed E-state index contributed by atoms with van der Waals surface area (Å²) in [7, 11) is 1.80. The molecule has 0 spiro atoms. The van der Waals surface area contributed by atoms with Gasteiger partial charge >= 0.3 is 0 Å². The normalized spacial score (nSPS) is 16.9. The van der Waals surface area contributed by atoms with Crippen LogP contribution in [-0.2, 0) is 0 Å². The summed E-state index contributed by atoms with van der Waals surface area (Å²) in [5.41, 5.74) is 0.808. The van der Waals surface area contributed by atoms with E-state index in [1.54, 1.807) is 13.1 Å². The summed E-state index contributed by atoms with van der Waals surface area (Å²) in [5.74, 6) is 1.42. The lowest BCUT2D eigenvalue weighted by molar-refractivity contribution is 0.177. The van der Waals surface area contributed by atoms with Crippen LogP contribution in [0.1, 0.15) is 24.5 Å². The highest BCUT2D eigenvalue weighted by molar-refractivity contribution is 6.32. The molecule has 1 atom stereocenters. The van der Waals surface area contributed by atoms with E-state index >= 15 is 0 Å². The number of aliphatic hydroxyl groups is 1. The minimum atomic E-state index is -0.532. The van der Waals surface area contributed by atoms with Crippen LogP contribution < -0.4 is 10.1 Å². The third-order valence-corrected chi connectivity index (χ3v) is 3.21. The SMILES string of the molecule is CNCC(O)c1ccc(OCC2CC2)c(Cl)c1. The largest absolute Gasteiger partial charge is 0.492 e. The van der Waals surface area contributed by atoms with Crippen LogP contribution in [0.15, 0.2) is 18.2 Å². The Labute approximate surface area is 107 Å². The second-order valence-electron chi connectivity index (χ2n) is 4.52.